The van der Waals surface area contributed by atoms with Gasteiger partial charge >= 0.3 is 0 Å². The van der Waals surface area contributed by atoms with E-state index < -0.39 is 0 Å². The van der Waals surface area contributed by atoms with E-state index in [-0.39, 0.29) is 0 Å². The fourth-order valence-corrected chi connectivity index (χ4v) is 2.64. The van der Waals surface area contributed by atoms with E-state index in [1.54, 1.807) is 12.4 Å². The molecule has 3 aromatic rings. The largest absolute Gasteiger partial charge is 0.493 e. The number of unbranched alkanes of at least 4 members (excludes halogenated alkanes) is 3. The third kappa shape index (κ3) is 3.70. The van der Waals surface area contributed by atoms with Gasteiger partial charge in [0.1, 0.15) is 17.1 Å². The van der Waals surface area contributed by atoms with Gasteiger partial charge in [-0.1, -0.05) is 32.3 Å². The molecule has 0 spiro atoms. The zero-order chi connectivity index (χ0) is 16.1. The second-order valence-electron chi connectivity index (χ2n) is 5.89. The molecule has 0 aliphatic carbocycles. The van der Waals surface area contributed by atoms with Crippen molar-refractivity contribution in [1.82, 2.24) is 15.0 Å². The van der Waals surface area contributed by atoms with Gasteiger partial charge in [0.25, 0.3) is 0 Å². The van der Waals surface area contributed by atoms with Crippen molar-refractivity contribution in [3.05, 3.63) is 42.2 Å². The molecule has 0 saturated carbocycles. The van der Waals surface area contributed by atoms with Crippen LogP contribution in [0.2, 0.25) is 0 Å². The maximum absolute atomic E-state index is 6.04. The molecule has 0 aliphatic heterocycles. The van der Waals surface area contributed by atoms with Crippen LogP contribution >= 0.6 is 0 Å². The molecule has 0 aliphatic rings. The fraction of sp³-hybridized carbons (Fsp3) is 0.368. The lowest BCUT2D eigenvalue weighted by molar-refractivity contribution is 0.306. The number of aromatic nitrogens is 3. The number of nitrogens with one attached hydrogen (secondary N) is 1. The number of H-pyrrole nitrogens is 1. The van der Waals surface area contributed by atoms with E-state index in [0.29, 0.717) is 0 Å². The molecular weight excluding hydrogens is 286 g/mol. The van der Waals surface area contributed by atoms with E-state index in [4.69, 9.17) is 4.74 Å². The maximum atomic E-state index is 6.04. The predicted molar refractivity (Wildman–Crippen MR) is 93.7 cm³/mol. The van der Waals surface area contributed by atoms with Gasteiger partial charge in [-0.15, -0.1) is 0 Å². The van der Waals surface area contributed by atoms with Crippen molar-refractivity contribution in [3.8, 4) is 17.1 Å². The van der Waals surface area contributed by atoms with Crippen LogP contribution in [-0.2, 0) is 0 Å². The highest BCUT2D eigenvalue weighted by atomic mass is 16.5. The molecule has 1 N–H and O–H groups in total. The van der Waals surface area contributed by atoms with Gasteiger partial charge in [0, 0.05) is 6.20 Å². The topological polar surface area (TPSA) is 50.8 Å². The number of ether oxygens (including phenoxy) is 1. The molecule has 23 heavy (non-hydrogen) atoms. The monoisotopic (exact) mass is 309 g/mol. The molecule has 120 valence electrons. The smallest absolute Gasteiger partial charge is 0.142 e. The van der Waals surface area contributed by atoms with Gasteiger partial charge in [-0.2, -0.15) is 0 Å². The van der Waals surface area contributed by atoms with E-state index in [9.17, 15) is 0 Å². The molecule has 4 heteroatoms. The number of rotatable bonds is 7. The number of aromatic amines is 1. The van der Waals surface area contributed by atoms with Gasteiger partial charge in [0.05, 0.1) is 23.9 Å². The third-order valence-electron chi connectivity index (χ3n) is 3.93. The third-order valence-corrected chi connectivity index (χ3v) is 3.93. The normalized spacial score (nSPS) is 11.0. The number of aryl methyl sites for hydroxylation is 1. The van der Waals surface area contributed by atoms with Crippen molar-refractivity contribution in [3.63, 3.8) is 0 Å². The van der Waals surface area contributed by atoms with Gasteiger partial charge in [-0.05, 0) is 37.1 Å². The standard InChI is InChI=1S/C19H23N3O/c1-3-4-5-6-11-23-18-12-14(2)7-8-15(18)19-21-16-9-10-20-13-17(16)22-19/h7-10,12-13H,3-6,11H2,1-2H3,(H,21,22). The molecule has 0 saturated heterocycles. The summed E-state index contributed by atoms with van der Waals surface area (Å²) < 4.78 is 6.04. The molecule has 2 aromatic heterocycles. The number of hydrogen-bond acceptors (Lipinski definition) is 3. The second kappa shape index (κ2) is 7.27. The average Bonchev–Trinajstić information content (AvgIpc) is 2.98. The first-order valence-electron chi connectivity index (χ1n) is 8.31. The van der Waals surface area contributed by atoms with Crippen molar-refractivity contribution >= 4 is 11.0 Å². The summed E-state index contributed by atoms with van der Waals surface area (Å²) in [4.78, 5) is 12.1. The van der Waals surface area contributed by atoms with Crippen LogP contribution < -0.4 is 4.74 Å². The summed E-state index contributed by atoms with van der Waals surface area (Å²) in [5, 5.41) is 0. The number of imidazole rings is 1. The fourth-order valence-electron chi connectivity index (χ4n) is 2.64. The lowest BCUT2D eigenvalue weighted by Crippen LogP contribution is -1.99. The van der Waals surface area contributed by atoms with Crippen LogP contribution in [0.1, 0.15) is 38.2 Å². The molecule has 1 aromatic carbocycles. The van der Waals surface area contributed by atoms with Gasteiger partial charge < -0.3 is 9.72 Å². The number of hydrogen-bond donors (Lipinski definition) is 1. The van der Waals surface area contributed by atoms with Crippen molar-refractivity contribution in [2.75, 3.05) is 6.61 Å². The van der Waals surface area contributed by atoms with Crippen LogP contribution in [0.5, 0.6) is 5.75 Å². The highest BCUT2D eigenvalue weighted by molar-refractivity contribution is 5.79. The Balaban J connectivity index is 1.83. The lowest BCUT2D eigenvalue weighted by Gasteiger charge is -2.11. The van der Waals surface area contributed by atoms with Gasteiger partial charge in [-0.25, -0.2) is 4.98 Å². The zero-order valence-electron chi connectivity index (χ0n) is 13.8. The zero-order valence-corrected chi connectivity index (χ0v) is 13.8. The van der Waals surface area contributed by atoms with Crippen molar-refractivity contribution in [2.24, 2.45) is 0 Å². The van der Waals surface area contributed by atoms with E-state index in [2.05, 4.69) is 47.0 Å². The average molecular weight is 309 g/mol. The summed E-state index contributed by atoms with van der Waals surface area (Å²) in [6, 6.07) is 8.18. The van der Waals surface area contributed by atoms with Crippen LogP contribution in [0, 0.1) is 6.92 Å². The Hall–Kier alpha value is -2.36. The Morgan fingerprint density at radius 1 is 1.13 bits per heavy atom. The minimum atomic E-state index is 0.748. The van der Waals surface area contributed by atoms with Crippen molar-refractivity contribution < 1.29 is 4.74 Å². The number of nitrogens with zero attached hydrogens (tertiary/aromatic N) is 2. The molecule has 2 heterocycles. The van der Waals surface area contributed by atoms with E-state index in [0.717, 1.165) is 41.2 Å². The van der Waals surface area contributed by atoms with Crippen molar-refractivity contribution in [2.45, 2.75) is 39.5 Å². The summed E-state index contributed by atoms with van der Waals surface area (Å²) in [6.45, 7) is 5.05. The molecule has 0 bridgehead atoms. The molecule has 0 radical (unpaired) electrons. The number of pyridine rings is 1. The van der Waals surface area contributed by atoms with E-state index in [1.807, 2.05) is 6.07 Å². The summed E-state index contributed by atoms with van der Waals surface area (Å²) in [5.41, 5.74) is 4.05. The second-order valence-corrected chi connectivity index (χ2v) is 5.89. The predicted octanol–water partition coefficient (Wildman–Crippen LogP) is 4.89. The molecule has 0 amide bonds. The van der Waals surface area contributed by atoms with Crippen molar-refractivity contribution in [1.29, 1.82) is 0 Å². The minimum Gasteiger partial charge on any atom is -0.493 e. The van der Waals surface area contributed by atoms with Crippen LogP contribution in [0.15, 0.2) is 36.7 Å². The summed E-state index contributed by atoms with van der Waals surface area (Å²) in [5.74, 6) is 1.73. The first-order valence-corrected chi connectivity index (χ1v) is 8.31. The van der Waals surface area contributed by atoms with Gasteiger partial charge in [0.15, 0.2) is 0 Å². The van der Waals surface area contributed by atoms with Crippen LogP contribution in [0.3, 0.4) is 0 Å². The number of benzene rings is 1. The lowest BCUT2D eigenvalue weighted by atomic mass is 10.1. The van der Waals surface area contributed by atoms with Crippen LogP contribution in [0.4, 0.5) is 0 Å². The highest BCUT2D eigenvalue weighted by Crippen LogP contribution is 2.30. The highest BCUT2D eigenvalue weighted by Gasteiger charge is 2.11. The van der Waals surface area contributed by atoms with E-state index in [1.165, 1.54) is 24.8 Å². The Kier molecular flexibility index (Phi) is 4.91. The summed E-state index contributed by atoms with van der Waals surface area (Å²) >= 11 is 0. The Labute approximate surface area is 136 Å². The van der Waals surface area contributed by atoms with E-state index >= 15 is 0 Å². The number of fused-ring (bicyclic) bond motifs is 1. The molecular formula is C19H23N3O. The molecule has 0 fully saturated rings. The Morgan fingerprint density at radius 3 is 2.87 bits per heavy atom. The summed E-state index contributed by atoms with van der Waals surface area (Å²) in [6.07, 6.45) is 8.35. The maximum Gasteiger partial charge on any atom is 0.142 e. The van der Waals surface area contributed by atoms with Crippen LogP contribution in [0.25, 0.3) is 22.4 Å². The van der Waals surface area contributed by atoms with Crippen LogP contribution in [-0.4, -0.2) is 21.6 Å². The van der Waals surface area contributed by atoms with Gasteiger partial charge in [-0.3, -0.25) is 4.98 Å². The minimum absolute atomic E-state index is 0.748. The quantitative estimate of drug-likeness (QED) is 0.632. The summed E-state index contributed by atoms with van der Waals surface area (Å²) in [7, 11) is 0. The first-order chi connectivity index (χ1) is 11.3. The Morgan fingerprint density at radius 2 is 2.04 bits per heavy atom. The van der Waals surface area contributed by atoms with Gasteiger partial charge in [0.2, 0.25) is 0 Å². The first kappa shape index (κ1) is 15.5. The molecule has 0 atom stereocenters. The molecule has 3 rings (SSSR count). The molecule has 0 unspecified atom stereocenters. The Bertz CT molecular complexity index is 746. The SMILES string of the molecule is CCCCCCOc1cc(C)ccc1-c1nc2cnccc2[nH]1. The molecule has 4 nitrogen and oxygen atoms in total.